The van der Waals surface area contributed by atoms with Crippen molar-refractivity contribution in [2.45, 2.75) is 12.2 Å². The average molecular weight is 269 g/mol. The summed E-state index contributed by atoms with van der Waals surface area (Å²) >= 11 is 15.2. The zero-order valence-corrected chi connectivity index (χ0v) is 9.97. The van der Waals surface area contributed by atoms with E-state index in [-0.39, 0.29) is 21.5 Å². The van der Waals surface area contributed by atoms with E-state index >= 15 is 0 Å². The van der Waals surface area contributed by atoms with Crippen LogP contribution in [-0.2, 0) is 0 Å². The summed E-state index contributed by atoms with van der Waals surface area (Å²) in [6.07, 6.45) is -2.14. The first-order valence-electron chi connectivity index (χ1n) is 4.12. The number of phenols is 1. The van der Waals surface area contributed by atoms with Crippen molar-refractivity contribution in [3.8, 4) is 5.75 Å². The van der Waals surface area contributed by atoms with Crippen LogP contribution in [0.25, 0.3) is 0 Å². The Morgan fingerprint density at radius 2 is 1.67 bits per heavy atom. The molecule has 0 aliphatic carbocycles. The van der Waals surface area contributed by atoms with Gasteiger partial charge in [0.05, 0.1) is 16.1 Å². The van der Waals surface area contributed by atoms with Gasteiger partial charge in [-0.25, -0.2) is 0 Å². The van der Waals surface area contributed by atoms with Gasteiger partial charge in [0.2, 0.25) is 0 Å². The van der Waals surface area contributed by atoms with Crippen molar-refractivity contribution in [2.24, 2.45) is 0 Å². The quantitative estimate of drug-likeness (QED) is 0.635. The van der Waals surface area contributed by atoms with E-state index in [0.717, 1.165) is 0 Å². The number of benzene rings is 1. The highest BCUT2D eigenvalue weighted by molar-refractivity contribution is 7.80. The summed E-state index contributed by atoms with van der Waals surface area (Å²) in [5, 5.41) is 28.3. The molecule has 15 heavy (non-hydrogen) atoms. The van der Waals surface area contributed by atoms with Gasteiger partial charge >= 0.3 is 0 Å². The van der Waals surface area contributed by atoms with Crippen molar-refractivity contribution in [1.29, 1.82) is 0 Å². The third-order valence-corrected chi connectivity index (χ3v) is 2.88. The molecule has 0 fully saturated rings. The summed E-state index contributed by atoms with van der Waals surface area (Å²) in [4.78, 5) is 0. The number of phenolic OH excluding ortho intramolecular Hbond substituents is 1. The minimum Gasteiger partial charge on any atom is -0.505 e. The maximum Gasteiger partial charge on any atom is 0.152 e. The lowest BCUT2D eigenvalue weighted by Gasteiger charge is -2.17. The molecule has 0 saturated carbocycles. The first kappa shape index (κ1) is 12.9. The molecule has 0 spiro atoms. The lowest BCUT2D eigenvalue weighted by molar-refractivity contribution is 0.0337. The standard InChI is InChI=1S/C9H10Cl2O3S/c10-5-1-4(2-6(11)9(5)14)8(13)7(12)3-15/h1-2,7-8,12-15H,3H2. The molecule has 1 aromatic rings. The summed E-state index contributed by atoms with van der Waals surface area (Å²) in [5.74, 6) is -0.133. The Labute approximate surface area is 103 Å². The minimum absolute atomic E-state index is 0.0305. The molecule has 3 N–H and O–H groups in total. The van der Waals surface area contributed by atoms with Gasteiger partial charge in [-0.3, -0.25) is 0 Å². The molecule has 2 unspecified atom stereocenters. The number of thiol groups is 1. The molecule has 0 aliphatic heterocycles. The second-order valence-electron chi connectivity index (χ2n) is 3.03. The number of rotatable bonds is 3. The van der Waals surface area contributed by atoms with Gasteiger partial charge in [-0.1, -0.05) is 23.2 Å². The van der Waals surface area contributed by atoms with Crippen LogP contribution in [0.1, 0.15) is 11.7 Å². The highest BCUT2D eigenvalue weighted by Gasteiger charge is 2.19. The largest absolute Gasteiger partial charge is 0.505 e. The summed E-state index contributed by atoms with van der Waals surface area (Å²) in [5.41, 5.74) is 0.337. The minimum atomic E-state index is -1.13. The number of hydrogen-bond acceptors (Lipinski definition) is 4. The smallest absolute Gasteiger partial charge is 0.152 e. The van der Waals surface area contributed by atoms with E-state index in [0.29, 0.717) is 5.56 Å². The van der Waals surface area contributed by atoms with Crippen LogP contribution in [0.5, 0.6) is 5.75 Å². The Kier molecular flexibility index (Phi) is 4.55. The zero-order valence-electron chi connectivity index (χ0n) is 7.56. The van der Waals surface area contributed by atoms with Crippen LogP contribution in [0.4, 0.5) is 0 Å². The van der Waals surface area contributed by atoms with E-state index in [2.05, 4.69) is 12.6 Å². The van der Waals surface area contributed by atoms with E-state index < -0.39 is 12.2 Å². The molecule has 3 nitrogen and oxygen atoms in total. The molecule has 0 aliphatic rings. The second-order valence-corrected chi connectivity index (χ2v) is 4.21. The predicted molar refractivity (Wildman–Crippen MR) is 62.9 cm³/mol. The Bertz CT molecular complexity index is 336. The Balaban J connectivity index is 3.06. The molecule has 0 amide bonds. The van der Waals surface area contributed by atoms with Crippen LogP contribution in [-0.4, -0.2) is 27.2 Å². The molecule has 0 radical (unpaired) electrons. The van der Waals surface area contributed by atoms with E-state index in [9.17, 15) is 15.3 Å². The van der Waals surface area contributed by atoms with Gasteiger partial charge in [0.15, 0.2) is 5.75 Å². The molecule has 2 atom stereocenters. The topological polar surface area (TPSA) is 60.7 Å². The molecule has 1 aromatic carbocycles. The Morgan fingerprint density at radius 1 is 1.20 bits per heavy atom. The van der Waals surface area contributed by atoms with E-state index in [1.807, 2.05) is 0 Å². The molecule has 1 rings (SSSR count). The fraction of sp³-hybridized carbons (Fsp3) is 0.333. The van der Waals surface area contributed by atoms with E-state index in [4.69, 9.17) is 23.2 Å². The van der Waals surface area contributed by atoms with Gasteiger partial charge in [-0.2, -0.15) is 12.6 Å². The molecule has 0 bridgehead atoms. The molecule has 0 heterocycles. The highest BCUT2D eigenvalue weighted by atomic mass is 35.5. The number of hydrogen-bond donors (Lipinski definition) is 4. The van der Waals surface area contributed by atoms with Crippen molar-refractivity contribution < 1.29 is 15.3 Å². The van der Waals surface area contributed by atoms with Crippen molar-refractivity contribution in [1.82, 2.24) is 0 Å². The third-order valence-electron chi connectivity index (χ3n) is 1.93. The molecule has 0 aromatic heterocycles. The summed E-state index contributed by atoms with van der Waals surface area (Å²) in [6.45, 7) is 0. The maximum absolute atomic E-state index is 9.63. The van der Waals surface area contributed by atoms with Crippen molar-refractivity contribution >= 4 is 35.8 Å². The summed E-state index contributed by atoms with van der Waals surface area (Å²) < 4.78 is 0. The monoisotopic (exact) mass is 268 g/mol. The van der Waals surface area contributed by atoms with Gasteiger partial charge in [-0.05, 0) is 17.7 Å². The number of aromatic hydroxyl groups is 1. The van der Waals surface area contributed by atoms with E-state index in [1.54, 1.807) is 0 Å². The Morgan fingerprint density at radius 3 is 2.07 bits per heavy atom. The van der Waals surface area contributed by atoms with Crippen LogP contribution in [0.15, 0.2) is 12.1 Å². The van der Waals surface area contributed by atoms with Gasteiger partial charge in [0.25, 0.3) is 0 Å². The average Bonchev–Trinajstić information content (AvgIpc) is 2.23. The SMILES string of the molecule is Oc1c(Cl)cc(C(O)C(O)CS)cc1Cl. The zero-order chi connectivity index (χ0) is 11.6. The fourth-order valence-electron chi connectivity index (χ4n) is 1.08. The molecule has 84 valence electrons. The third kappa shape index (κ3) is 2.92. The van der Waals surface area contributed by atoms with Crippen LogP contribution < -0.4 is 0 Å². The lowest BCUT2D eigenvalue weighted by Crippen LogP contribution is -2.19. The number of aliphatic hydroxyl groups is 2. The predicted octanol–water partition coefficient (Wildman–Crippen LogP) is 2.02. The number of aliphatic hydroxyl groups excluding tert-OH is 2. The second kappa shape index (κ2) is 5.27. The van der Waals surface area contributed by atoms with Crippen molar-refractivity contribution in [3.05, 3.63) is 27.7 Å². The van der Waals surface area contributed by atoms with Crippen molar-refractivity contribution in [3.63, 3.8) is 0 Å². The van der Waals surface area contributed by atoms with Gasteiger partial charge in [0, 0.05) is 5.75 Å². The van der Waals surface area contributed by atoms with Gasteiger partial charge < -0.3 is 15.3 Å². The summed E-state index contributed by atoms with van der Waals surface area (Å²) in [7, 11) is 0. The highest BCUT2D eigenvalue weighted by Crippen LogP contribution is 2.35. The van der Waals surface area contributed by atoms with Crippen LogP contribution in [0.3, 0.4) is 0 Å². The first-order chi connectivity index (χ1) is 6.97. The number of halogens is 2. The molecule has 0 saturated heterocycles. The Hall–Kier alpha value is -0.130. The maximum atomic E-state index is 9.63. The van der Waals surface area contributed by atoms with Crippen LogP contribution >= 0.6 is 35.8 Å². The van der Waals surface area contributed by atoms with Crippen molar-refractivity contribution in [2.75, 3.05) is 5.75 Å². The normalized spacial score (nSPS) is 15.0. The summed E-state index contributed by atoms with van der Waals surface area (Å²) in [6, 6.07) is 2.69. The van der Waals surface area contributed by atoms with Crippen LogP contribution in [0.2, 0.25) is 10.0 Å². The van der Waals surface area contributed by atoms with E-state index in [1.165, 1.54) is 12.1 Å². The van der Waals surface area contributed by atoms with Gasteiger partial charge in [-0.15, -0.1) is 0 Å². The fourth-order valence-corrected chi connectivity index (χ4v) is 1.78. The van der Waals surface area contributed by atoms with Crippen LogP contribution in [0, 0.1) is 0 Å². The lowest BCUT2D eigenvalue weighted by atomic mass is 10.1. The first-order valence-corrected chi connectivity index (χ1v) is 5.51. The molecule has 6 heteroatoms. The molecular formula is C9H10Cl2O3S. The van der Waals surface area contributed by atoms with Gasteiger partial charge in [0.1, 0.15) is 6.10 Å². The molecular weight excluding hydrogens is 259 g/mol.